The van der Waals surface area contributed by atoms with Gasteiger partial charge in [-0.1, -0.05) is 18.2 Å². The summed E-state index contributed by atoms with van der Waals surface area (Å²) in [6.07, 6.45) is 4.36. The van der Waals surface area contributed by atoms with Crippen molar-refractivity contribution < 1.29 is 36.9 Å². The van der Waals surface area contributed by atoms with Crippen molar-refractivity contribution in [3.8, 4) is 28.3 Å². The van der Waals surface area contributed by atoms with Gasteiger partial charge in [-0.15, -0.1) is 0 Å². The molecule has 0 radical (unpaired) electrons. The Bertz CT molecular complexity index is 2260. The van der Waals surface area contributed by atoms with Gasteiger partial charge in [0.15, 0.2) is 0 Å². The van der Waals surface area contributed by atoms with Crippen LogP contribution in [0.25, 0.3) is 33.4 Å². The number of rotatable bonds is 11. The first-order chi connectivity index (χ1) is 24.8. The fraction of sp³-hybridized carbons (Fsp3) is 0.263. The smallest absolute Gasteiger partial charge is 0.337 e. The largest absolute Gasteiger partial charge is 0.473 e. The number of hydrogen-bond acceptors (Lipinski definition) is 8. The lowest BCUT2D eigenvalue weighted by molar-refractivity contribution is -0.0589. The van der Waals surface area contributed by atoms with E-state index in [4.69, 9.17) is 23.9 Å². The third kappa shape index (κ3) is 6.57. The van der Waals surface area contributed by atoms with Crippen molar-refractivity contribution in [3.05, 3.63) is 119 Å². The predicted molar refractivity (Wildman–Crippen MR) is 180 cm³/mol. The van der Waals surface area contributed by atoms with Gasteiger partial charge in [0.25, 0.3) is 0 Å². The van der Waals surface area contributed by atoms with Crippen molar-refractivity contribution >= 4 is 17.0 Å². The van der Waals surface area contributed by atoms with Crippen LogP contribution in [0.1, 0.15) is 39.8 Å². The molecule has 6 aromatic rings. The third-order valence-electron chi connectivity index (χ3n) is 9.27. The molecule has 2 aliphatic heterocycles. The monoisotopic (exact) mass is 695 g/mol. The average molecular weight is 696 g/mol. The van der Waals surface area contributed by atoms with Crippen LogP contribution >= 0.6 is 0 Å². The van der Waals surface area contributed by atoms with Gasteiger partial charge in [-0.3, -0.25) is 4.68 Å². The summed E-state index contributed by atoms with van der Waals surface area (Å²) in [5.41, 5.74) is 3.63. The summed E-state index contributed by atoms with van der Waals surface area (Å²) in [7, 11) is 1.31. The zero-order valence-corrected chi connectivity index (χ0v) is 27.5. The quantitative estimate of drug-likeness (QED) is 0.138. The Balaban J connectivity index is 0.992. The van der Waals surface area contributed by atoms with Gasteiger partial charge < -0.3 is 23.5 Å². The van der Waals surface area contributed by atoms with E-state index in [9.17, 15) is 4.79 Å². The SMILES string of the molecule is COC(=O)c1ccc2nc(Cc3cc(F)c(-c4cccc(OCc5ccc(-c6cnn(C7COC7)c6)cc5F)n4)cc3F)n(CC3CCO3)c2c1. The van der Waals surface area contributed by atoms with Crippen molar-refractivity contribution in [2.24, 2.45) is 0 Å². The van der Waals surface area contributed by atoms with Crippen molar-refractivity contribution in [1.29, 1.82) is 0 Å². The minimum absolute atomic E-state index is 0.00323. The number of nitrogens with zero attached hydrogens (tertiary/aromatic N) is 5. The van der Waals surface area contributed by atoms with Crippen LogP contribution in [-0.4, -0.2) is 63.3 Å². The lowest BCUT2D eigenvalue weighted by Gasteiger charge is -2.27. The highest BCUT2D eigenvalue weighted by Crippen LogP contribution is 2.30. The van der Waals surface area contributed by atoms with Crippen LogP contribution in [-0.2, 0) is 33.8 Å². The second-order valence-electron chi connectivity index (χ2n) is 12.6. The number of methoxy groups -OCH3 is 1. The highest BCUT2D eigenvalue weighted by molar-refractivity contribution is 5.93. The van der Waals surface area contributed by atoms with E-state index in [1.165, 1.54) is 13.2 Å². The van der Waals surface area contributed by atoms with Crippen LogP contribution in [0.5, 0.6) is 5.88 Å². The molecule has 1 atom stereocenters. The van der Waals surface area contributed by atoms with Gasteiger partial charge in [0.1, 0.15) is 29.9 Å². The molecule has 2 aliphatic rings. The number of benzene rings is 3. The third-order valence-corrected chi connectivity index (χ3v) is 9.27. The van der Waals surface area contributed by atoms with Crippen molar-refractivity contribution in [2.45, 2.75) is 38.1 Å². The molecule has 2 fully saturated rings. The van der Waals surface area contributed by atoms with Crippen molar-refractivity contribution in [1.82, 2.24) is 24.3 Å². The highest BCUT2D eigenvalue weighted by atomic mass is 19.1. The van der Waals surface area contributed by atoms with Gasteiger partial charge in [0, 0.05) is 42.0 Å². The molecule has 10 nitrogen and oxygen atoms in total. The Labute approximate surface area is 290 Å². The van der Waals surface area contributed by atoms with E-state index in [0.29, 0.717) is 59.9 Å². The zero-order valence-electron chi connectivity index (χ0n) is 27.5. The molecule has 2 saturated heterocycles. The molecule has 0 N–H and O–H groups in total. The van der Waals surface area contributed by atoms with E-state index in [-0.39, 0.29) is 47.9 Å². The summed E-state index contributed by atoms with van der Waals surface area (Å²) in [6, 6.07) is 17.0. The molecular formula is C38H32F3N5O5. The summed E-state index contributed by atoms with van der Waals surface area (Å²) in [4.78, 5) is 21.3. The summed E-state index contributed by atoms with van der Waals surface area (Å²) < 4.78 is 71.6. The maximum Gasteiger partial charge on any atom is 0.337 e. The first kappa shape index (κ1) is 32.7. The Kier molecular flexibility index (Phi) is 8.74. The summed E-state index contributed by atoms with van der Waals surface area (Å²) in [5, 5.41) is 4.36. The van der Waals surface area contributed by atoms with Gasteiger partial charge in [-0.2, -0.15) is 5.10 Å². The summed E-state index contributed by atoms with van der Waals surface area (Å²) in [6.45, 7) is 2.20. The minimum Gasteiger partial charge on any atom is -0.473 e. The Morgan fingerprint density at radius 2 is 1.78 bits per heavy atom. The van der Waals surface area contributed by atoms with Gasteiger partial charge in [-0.25, -0.2) is 27.9 Å². The normalized spacial score (nSPS) is 15.8. The number of ether oxygens (including phenoxy) is 4. The van der Waals surface area contributed by atoms with Gasteiger partial charge in [0.05, 0.1) is 67.5 Å². The van der Waals surface area contributed by atoms with E-state index >= 15 is 13.2 Å². The topological polar surface area (TPSA) is 103 Å². The fourth-order valence-corrected chi connectivity index (χ4v) is 6.18. The lowest BCUT2D eigenvalue weighted by Crippen LogP contribution is -2.31. The number of hydrogen-bond donors (Lipinski definition) is 0. The molecule has 8 rings (SSSR count). The Hall–Kier alpha value is -5.53. The average Bonchev–Trinajstić information content (AvgIpc) is 3.70. The van der Waals surface area contributed by atoms with Crippen LogP contribution in [0.15, 0.2) is 79.1 Å². The van der Waals surface area contributed by atoms with E-state index in [1.807, 2.05) is 15.4 Å². The molecule has 260 valence electrons. The molecule has 0 amide bonds. The number of esters is 1. The molecule has 5 heterocycles. The molecular weight excluding hydrogens is 663 g/mol. The van der Waals surface area contributed by atoms with Crippen molar-refractivity contribution in [2.75, 3.05) is 26.9 Å². The second-order valence-corrected chi connectivity index (χ2v) is 12.6. The van der Waals surface area contributed by atoms with Gasteiger partial charge in [-0.05, 0) is 60.0 Å². The zero-order chi connectivity index (χ0) is 35.1. The second kappa shape index (κ2) is 13.6. The van der Waals surface area contributed by atoms with Crippen LogP contribution < -0.4 is 4.74 Å². The highest BCUT2D eigenvalue weighted by Gasteiger charge is 2.24. The Morgan fingerprint density at radius 1 is 0.941 bits per heavy atom. The Morgan fingerprint density at radius 3 is 2.53 bits per heavy atom. The molecule has 0 saturated carbocycles. The van der Waals surface area contributed by atoms with Gasteiger partial charge >= 0.3 is 5.97 Å². The number of fused-ring (bicyclic) bond motifs is 1. The molecule has 1 unspecified atom stereocenters. The number of pyridine rings is 1. The maximum absolute atomic E-state index is 15.7. The fourth-order valence-electron chi connectivity index (χ4n) is 6.18. The van der Waals surface area contributed by atoms with Crippen LogP contribution in [0.4, 0.5) is 13.2 Å². The standard InChI is InChI=1S/C38H32F3N5O5/c1-48-38(47)23-7-8-34-35(13-23)45(18-28-9-10-50-28)36(43-34)14-25-12-32(41)29(15-31(25)40)33-3-2-4-37(44-33)51-19-24-6-5-22(11-30(24)39)26-16-42-46(17-26)27-20-49-21-27/h2-8,11-13,15-17,27-28H,9-10,14,18-21H2,1H3. The van der Waals surface area contributed by atoms with E-state index in [1.54, 1.807) is 54.7 Å². The molecule has 3 aromatic carbocycles. The molecule has 3 aromatic heterocycles. The number of halogens is 3. The molecule has 0 spiro atoms. The van der Waals surface area contributed by atoms with Crippen LogP contribution in [0.2, 0.25) is 0 Å². The molecule has 0 bridgehead atoms. The summed E-state index contributed by atoms with van der Waals surface area (Å²) >= 11 is 0. The van der Waals surface area contributed by atoms with Crippen molar-refractivity contribution in [3.63, 3.8) is 0 Å². The van der Waals surface area contributed by atoms with Crippen LogP contribution in [0.3, 0.4) is 0 Å². The van der Waals surface area contributed by atoms with E-state index in [0.717, 1.165) is 24.1 Å². The first-order valence-corrected chi connectivity index (χ1v) is 16.5. The maximum atomic E-state index is 15.7. The lowest BCUT2D eigenvalue weighted by atomic mass is 10.0. The van der Waals surface area contributed by atoms with Gasteiger partial charge in [0.2, 0.25) is 5.88 Å². The predicted octanol–water partition coefficient (Wildman–Crippen LogP) is 6.70. The first-order valence-electron chi connectivity index (χ1n) is 16.5. The molecule has 13 heteroatoms. The molecule has 51 heavy (non-hydrogen) atoms. The van der Waals surface area contributed by atoms with Crippen LogP contribution in [0, 0.1) is 17.5 Å². The summed E-state index contributed by atoms with van der Waals surface area (Å²) in [5.74, 6) is -1.63. The minimum atomic E-state index is -0.677. The molecule has 0 aliphatic carbocycles. The van der Waals surface area contributed by atoms with E-state index < -0.39 is 23.4 Å². The number of imidazole rings is 1. The number of carbonyl (C=O) groups is 1. The van der Waals surface area contributed by atoms with E-state index in [2.05, 4.69) is 10.1 Å². The number of aromatic nitrogens is 5. The number of carbonyl (C=O) groups excluding carboxylic acids is 1.